The molecule has 118 valence electrons. The Bertz CT molecular complexity index is 481. The van der Waals surface area contributed by atoms with Crippen molar-refractivity contribution in [1.29, 1.82) is 0 Å². The minimum absolute atomic E-state index is 0.0493. The number of nitrogens with one attached hydrogen (secondary N) is 2. The fourth-order valence-corrected chi connectivity index (χ4v) is 1.80. The monoisotopic (exact) mass is 294 g/mol. The van der Waals surface area contributed by atoms with Gasteiger partial charge in [-0.15, -0.1) is 0 Å². The van der Waals surface area contributed by atoms with Gasteiger partial charge in [0.25, 0.3) is 0 Å². The molecule has 5 heteroatoms. The largest absolute Gasteiger partial charge is 0.495 e. The molecule has 0 aliphatic carbocycles. The molecule has 0 fully saturated rings. The predicted octanol–water partition coefficient (Wildman–Crippen LogP) is 3.33. The van der Waals surface area contributed by atoms with Crippen LogP contribution in [0.4, 0.5) is 10.5 Å². The van der Waals surface area contributed by atoms with E-state index in [4.69, 9.17) is 9.47 Å². The van der Waals surface area contributed by atoms with Crippen molar-refractivity contribution < 1.29 is 14.3 Å². The van der Waals surface area contributed by atoms with Crippen molar-refractivity contribution in [3.8, 4) is 5.75 Å². The molecule has 21 heavy (non-hydrogen) atoms. The summed E-state index contributed by atoms with van der Waals surface area (Å²) in [5, 5.41) is 6.07. The quantitative estimate of drug-likeness (QED) is 0.874. The first kappa shape index (κ1) is 17.1. The lowest BCUT2D eigenvalue weighted by atomic mass is 10.2. The van der Waals surface area contributed by atoms with Gasteiger partial charge in [0.15, 0.2) is 0 Å². The Labute approximate surface area is 127 Å². The molecule has 0 aliphatic rings. The molecule has 5 nitrogen and oxygen atoms in total. The van der Waals surface area contributed by atoms with Crippen LogP contribution in [0.1, 0.15) is 33.3 Å². The molecule has 1 amide bonds. The van der Waals surface area contributed by atoms with Crippen LogP contribution in [-0.4, -0.2) is 31.4 Å². The maximum atomic E-state index is 11.6. The van der Waals surface area contributed by atoms with E-state index < -0.39 is 11.7 Å². The van der Waals surface area contributed by atoms with E-state index in [0.717, 1.165) is 17.0 Å². The standard InChI is InChI=1S/C16H26N2O3/c1-11-7-8-14(20-6)13(9-11)18-12(2)10-17-15(19)21-16(3,4)5/h7-9,12,18H,10H2,1-6H3,(H,17,19). The van der Waals surface area contributed by atoms with Gasteiger partial charge < -0.3 is 20.1 Å². The first-order valence-corrected chi connectivity index (χ1v) is 7.09. The van der Waals surface area contributed by atoms with Gasteiger partial charge in [-0.2, -0.15) is 0 Å². The fraction of sp³-hybridized carbons (Fsp3) is 0.562. The van der Waals surface area contributed by atoms with Crippen molar-refractivity contribution in [2.24, 2.45) is 0 Å². The zero-order valence-electron chi connectivity index (χ0n) is 13.7. The molecule has 0 bridgehead atoms. The van der Waals surface area contributed by atoms with Crippen LogP contribution < -0.4 is 15.4 Å². The summed E-state index contributed by atoms with van der Waals surface area (Å²) in [5.41, 5.74) is 1.57. The SMILES string of the molecule is COc1ccc(C)cc1NC(C)CNC(=O)OC(C)(C)C. The molecular formula is C16H26N2O3. The van der Waals surface area contributed by atoms with Gasteiger partial charge in [-0.3, -0.25) is 0 Å². The number of methoxy groups -OCH3 is 1. The molecule has 0 saturated heterocycles. The van der Waals surface area contributed by atoms with Gasteiger partial charge in [0.05, 0.1) is 12.8 Å². The highest BCUT2D eigenvalue weighted by atomic mass is 16.6. The van der Waals surface area contributed by atoms with Gasteiger partial charge in [0, 0.05) is 12.6 Å². The van der Waals surface area contributed by atoms with Crippen LogP contribution in [0.2, 0.25) is 0 Å². The number of aryl methyl sites for hydroxylation is 1. The molecule has 1 rings (SSSR count). The average Bonchev–Trinajstić information content (AvgIpc) is 2.35. The van der Waals surface area contributed by atoms with Gasteiger partial charge in [0.1, 0.15) is 11.4 Å². The summed E-state index contributed by atoms with van der Waals surface area (Å²) in [6.07, 6.45) is -0.410. The van der Waals surface area contributed by atoms with E-state index in [1.54, 1.807) is 7.11 Å². The summed E-state index contributed by atoms with van der Waals surface area (Å²) in [4.78, 5) is 11.6. The molecule has 0 radical (unpaired) electrons. The second-order valence-corrected chi connectivity index (χ2v) is 6.13. The Morgan fingerprint density at radius 2 is 2.00 bits per heavy atom. The second-order valence-electron chi connectivity index (χ2n) is 6.13. The lowest BCUT2D eigenvalue weighted by molar-refractivity contribution is 0.0526. The molecule has 1 aromatic carbocycles. The summed E-state index contributed by atoms with van der Waals surface area (Å²) in [7, 11) is 1.64. The zero-order chi connectivity index (χ0) is 16.0. The molecule has 0 heterocycles. The van der Waals surface area contributed by atoms with Crippen molar-refractivity contribution in [2.75, 3.05) is 19.0 Å². The van der Waals surface area contributed by atoms with Gasteiger partial charge in [-0.1, -0.05) is 6.07 Å². The van der Waals surface area contributed by atoms with E-state index in [2.05, 4.69) is 10.6 Å². The normalized spacial score (nSPS) is 12.5. The molecule has 0 aromatic heterocycles. The molecule has 1 unspecified atom stereocenters. The third kappa shape index (κ3) is 6.38. The maximum absolute atomic E-state index is 11.6. The first-order valence-electron chi connectivity index (χ1n) is 7.09. The third-order valence-corrected chi connectivity index (χ3v) is 2.71. The number of ether oxygens (including phenoxy) is 2. The molecule has 0 spiro atoms. The van der Waals surface area contributed by atoms with Crippen molar-refractivity contribution in [3.63, 3.8) is 0 Å². The number of hydrogen-bond acceptors (Lipinski definition) is 4. The van der Waals surface area contributed by atoms with E-state index in [-0.39, 0.29) is 6.04 Å². The highest BCUT2D eigenvalue weighted by molar-refractivity contribution is 5.67. The van der Waals surface area contributed by atoms with Crippen molar-refractivity contribution in [2.45, 2.75) is 46.3 Å². The molecule has 0 aliphatic heterocycles. The summed E-state index contributed by atoms with van der Waals surface area (Å²) in [6.45, 7) is 9.99. The van der Waals surface area contributed by atoms with Gasteiger partial charge in [-0.05, 0) is 52.3 Å². The molecular weight excluding hydrogens is 268 g/mol. The van der Waals surface area contributed by atoms with Crippen LogP contribution in [0.15, 0.2) is 18.2 Å². The Morgan fingerprint density at radius 1 is 1.33 bits per heavy atom. The van der Waals surface area contributed by atoms with Gasteiger partial charge in [-0.25, -0.2) is 4.79 Å². The number of alkyl carbamates (subject to hydrolysis) is 1. The first-order chi connectivity index (χ1) is 9.71. The molecule has 0 saturated carbocycles. The number of anilines is 1. The number of amides is 1. The van der Waals surface area contributed by atoms with E-state index >= 15 is 0 Å². The summed E-state index contributed by atoms with van der Waals surface area (Å²) in [5.74, 6) is 0.782. The van der Waals surface area contributed by atoms with Crippen LogP contribution in [0.3, 0.4) is 0 Å². The third-order valence-electron chi connectivity index (χ3n) is 2.71. The Balaban J connectivity index is 2.52. The van der Waals surface area contributed by atoms with Crippen LogP contribution >= 0.6 is 0 Å². The van der Waals surface area contributed by atoms with E-state index in [1.165, 1.54) is 0 Å². The lowest BCUT2D eigenvalue weighted by Crippen LogP contribution is -2.38. The maximum Gasteiger partial charge on any atom is 0.407 e. The van der Waals surface area contributed by atoms with Crippen LogP contribution in [0, 0.1) is 6.92 Å². The minimum atomic E-state index is -0.486. The second kappa shape index (κ2) is 7.20. The minimum Gasteiger partial charge on any atom is -0.495 e. The summed E-state index contributed by atoms with van der Waals surface area (Å²) < 4.78 is 10.5. The fourth-order valence-electron chi connectivity index (χ4n) is 1.80. The highest BCUT2D eigenvalue weighted by Gasteiger charge is 2.16. The summed E-state index contributed by atoms with van der Waals surface area (Å²) in [6, 6.07) is 5.98. The van der Waals surface area contributed by atoms with E-state index in [1.807, 2.05) is 52.8 Å². The number of benzene rings is 1. The van der Waals surface area contributed by atoms with E-state index in [9.17, 15) is 4.79 Å². The average molecular weight is 294 g/mol. The van der Waals surface area contributed by atoms with E-state index in [0.29, 0.717) is 6.54 Å². The number of hydrogen-bond donors (Lipinski definition) is 2. The highest BCUT2D eigenvalue weighted by Crippen LogP contribution is 2.25. The van der Waals surface area contributed by atoms with Crippen molar-refractivity contribution >= 4 is 11.8 Å². The molecule has 1 atom stereocenters. The van der Waals surface area contributed by atoms with Crippen molar-refractivity contribution in [3.05, 3.63) is 23.8 Å². The Morgan fingerprint density at radius 3 is 2.57 bits per heavy atom. The van der Waals surface area contributed by atoms with Gasteiger partial charge >= 0.3 is 6.09 Å². The van der Waals surface area contributed by atoms with Crippen LogP contribution in [0.5, 0.6) is 5.75 Å². The van der Waals surface area contributed by atoms with Crippen LogP contribution in [0.25, 0.3) is 0 Å². The topological polar surface area (TPSA) is 59.6 Å². The molecule has 2 N–H and O–H groups in total. The zero-order valence-corrected chi connectivity index (χ0v) is 13.7. The van der Waals surface area contributed by atoms with Gasteiger partial charge in [0.2, 0.25) is 0 Å². The number of carbonyl (C=O) groups excluding carboxylic acids is 1. The Kier molecular flexibility index (Phi) is 5.88. The van der Waals surface area contributed by atoms with Crippen LogP contribution in [-0.2, 0) is 4.74 Å². The number of carbonyl (C=O) groups is 1. The smallest absolute Gasteiger partial charge is 0.407 e. The lowest BCUT2D eigenvalue weighted by Gasteiger charge is -2.22. The summed E-state index contributed by atoms with van der Waals surface area (Å²) >= 11 is 0. The Hall–Kier alpha value is -1.91. The molecule has 1 aromatic rings. The predicted molar refractivity (Wildman–Crippen MR) is 85.1 cm³/mol. The number of rotatable bonds is 5. The van der Waals surface area contributed by atoms with Crippen molar-refractivity contribution in [1.82, 2.24) is 5.32 Å².